The molecule has 122 valence electrons. The first-order chi connectivity index (χ1) is 10.8. The van der Waals surface area contributed by atoms with E-state index in [1.807, 2.05) is 18.2 Å². The molecule has 2 rings (SSSR count). The first kappa shape index (κ1) is 16.7. The van der Waals surface area contributed by atoms with E-state index in [1.165, 1.54) is 19.3 Å². The first-order valence-electron chi connectivity index (χ1n) is 8.45. The Labute approximate surface area is 133 Å². The van der Waals surface area contributed by atoms with E-state index in [2.05, 4.69) is 12.2 Å². The van der Waals surface area contributed by atoms with Crippen LogP contribution in [0.3, 0.4) is 0 Å². The summed E-state index contributed by atoms with van der Waals surface area (Å²) in [5.74, 6) is 1.78. The molecular weight excluding hydrogens is 278 g/mol. The van der Waals surface area contributed by atoms with Gasteiger partial charge in [-0.05, 0) is 30.5 Å². The maximum Gasteiger partial charge on any atom is 0.220 e. The zero-order chi connectivity index (χ0) is 15.6. The molecule has 0 unspecified atom stereocenters. The number of rotatable bonds is 9. The maximum absolute atomic E-state index is 11.7. The van der Waals surface area contributed by atoms with Crippen LogP contribution in [0.2, 0.25) is 0 Å². The number of hydrogen-bond donors (Lipinski definition) is 1. The second kappa shape index (κ2) is 9.34. The van der Waals surface area contributed by atoms with Crippen molar-refractivity contribution in [2.75, 3.05) is 19.8 Å². The van der Waals surface area contributed by atoms with Gasteiger partial charge in [0, 0.05) is 13.0 Å². The van der Waals surface area contributed by atoms with Crippen molar-refractivity contribution in [3.05, 3.63) is 23.8 Å². The molecule has 1 aromatic carbocycles. The Hall–Kier alpha value is -1.71. The van der Waals surface area contributed by atoms with E-state index >= 15 is 0 Å². The lowest BCUT2D eigenvalue weighted by molar-refractivity contribution is -0.121. The van der Waals surface area contributed by atoms with Gasteiger partial charge in [0.15, 0.2) is 11.5 Å². The first-order valence-corrected chi connectivity index (χ1v) is 8.45. The Morgan fingerprint density at radius 2 is 1.86 bits per heavy atom. The van der Waals surface area contributed by atoms with E-state index < -0.39 is 0 Å². The highest BCUT2D eigenvalue weighted by Gasteiger charge is 2.11. The molecule has 4 heteroatoms. The zero-order valence-corrected chi connectivity index (χ0v) is 13.5. The average Bonchev–Trinajstić information content (AvgIpc) is 2.54. The third-order valence-electron chi connectivity index (χ3n) is 3.85. The maximum atomic E-state index is 11.7. The van der Waals surface area contributed by atoms with Gasteiger partial charge in [-0.2, -0.15) is 0 Å². The number of carbonyl (C=O) groups is 1. The predicted molar refractivity (Wildman–Crippen MR) is 87.5 cm³/mol. The minimum Gasteiger partial charge on any atom is -0.486 e. The fourth-order valence-electron chi connectivity index (χ4n) is 2.57. The number of hydrogen-bond acceptors (Lipinski definition) is 3. The summed E-state index contributed by atoms with van der Waals surface area (Å²) in [7, 11) is 0. The molecule has 1 aromatic rings. The highest BCUT2D eigenvalue weighted by molar-refractivity contribution is 5.75. The van der Waals surface area contributed by atoms with Gasteiger partial charge in [-0.3, -0.25) is 4.79 Å². The fourth-order valence-corrected chi connectivity index (χ4v) is 2.57. The smallest absolute Gasteiger partial charge is 0.220 e. The molecule has 1 heterocycles. The van der Waals surface area contributed by atoms with Crippen LogP contribution in [0.1, 0.15) is 51.0 Å². The van der Waals surface area contributed by atoms with Crippen LogP contribution >= 0.6 is 0 Å². The minimum atomic E-state index is 0.161. The lowest BCUT2D eigenvalue weighted by atomic mass is 10.1. The SMILES string of the molecule is CCCCCCCC(=O)NCCc1ccc2c(c1)OCCO2. The van der Waals surface area contributed by atoms with Gasteiger partial charge in [0.1, 0.15) is 13.2 Å². The highest BCUT2D eigenvalue weighted by Crippen LogP contribution is 2.30. The standard InChI is InChI=1S/C18H27NO3/c1-2-3-4-5-6-7-18(20)19-11-10-15-8-9-16-17(14-15)22-13-12-21-16/h8-9,14H,2-7,10-13H2,1H3,(H,19,20). The molecule has 0 saturated carbocycles. The summed E-state index contributed by atoms with van der Waals surface area (Å²) < 4.78 is 11.1. The third kappa shape index (κ3) is 5.58. The lowest BCUT2D eigenvalue weighted by Gasteiger charge is -2.18. The number of fused-ring (bicyclic) bond motifs is 1. The van der Waals surface area contributed by atoms with Gasteiger partial charge in [0.25, 0.3) is 0 Å². The Morgan fingerprint density at radius 3 is 2.68 bits per heavy atom. The molecule has 0 atom stereocenters. The van der Waals surface area contributed by atoms with E-state index in [0.29, 0.717) is 26.2 Å². The molecule has 1 amide bonds. The molecule has 0 bridgehead atoms. The molecule has 1 N–H and O–H groups in total. The van der Waals surface area contributed by atoms with Crippen molar-refractivity contribution in [1.82, 2.24) is 5.32 Å². The fraction of sp³-hybridized carbons (Fsp3) is 0.611. The van der Waals surface area contributed by atoms with Crippen LogP contribution in [-0.2, 0) is 11.2 Å². The van der Waals surface area contributed by atoms with Crippen molar-refractivity contribution in [3.63, 3.8) is 0 Å². The number of carbonyl (C=O) groups excluding carboxylic acids is 1. The Morgan fingerprint density at radius 1 is 1.09 bits per heavy atom. The molecule has 0 radical (unpaired) electrons. The number of nitrogens with one attached hydrogen (secondary N) is 1. The van der Waals surface area contributed by atoms with Crippen molar-refractivity contribution >= 4 is 5.91 Å². The topological polar surface area (TPSA) is 47.6 Å². The van der Waals surface area contributed by atoms with Gasteiger partial charge in [-0.25, -0.2) is 0 Å². The summed E-state index contributed by atoms with van der Waals surface area (Å²) in [6, 6.07) is 5.98. The van der Waals surface area contributed by atoms with E-state index in [9.17, 15) is 4.79 Å². The molecule has 1 aliphatic rings. The van der Waals surface area contributed by atoms with E-state index in [4.69, 9.17) is 9.47 Å². The van der Waals surface area contributed by atoms with Crippen molar-refractivity contribution in [1.29, 1.82) is 0 Å². The van der Waals surface area contributed by atoms with Crippen LogP contribution in [0.4, 0.5) is 0 Å². The van der Waals surface area contributed by atoms with E-state index in [1.54, 1.807) is 0 Å². The lowest BCUT2D eigenvalue weighted by Crippen LogP contribution is -2.25. The van der Waals surface area contributed by atoms with Crippen LogP contribution in [-0.4, -0.2) is 25.7 Å². The number of amides is 1. The van der Waals surface area contributed by atoms with Gasteiger partial charge in [-0.15, -0.1) is 0 Å². The summed E-state index contributed by atoms with van der Waals surface area (Å²) in [5, 5.41) is 2.99. The quantitative estimate of drug-likeness (QED) is 0.711. The van der Waals surface area contributed by atoms with Crippen molar-refractivity contribution < 1.29 is 14.3 Å². The minimum absolute atomic E-state index is 0.161. The van der Waals surface area contributed by atoms with E-state index in [-0.39, 0.29) is 5.91 Å². The molecule has 0 aliphatic carbocycles. The summed E-state index contributed by atoms with van der Waals surface area (Å²) in [5.41, 5.74) is 1.16. The van der Waals surface area contributed by atoms with Gasteiger partial charge in [0.2, 0.25) is 5.91 Å². The van der Waals surface area contributed by atoms with Crippen LogP contribution in [0.5, 0.6) is 11.5 Å². The highest BCUT2D eigenvalue weighted by atomic mass is 16.6. The van der Waals surface area contributed by atoms with Crippen molar-refractivity contribution in [3.8, 4) is 11.5 Å². The molecule has 0 aromatic heterocycles. The number of benzene rings is 1. The summed E-state index contributed by atoms with van der Waals surface area (Å²) in [6.07, 6.45) is 7.36. The van der Waals surface area contributed by atoms with Crippen molar-refractivity contribution in [2.45, 2.75) is 51.9 Å². The third-order valence-corrected chi connectivity index (χ3v) is 3.85. The molecule has 0 fully saturated rings. The van der Waals surface area contributed by atoms with Gasteiger partial charge in [-0.1, -0.05) is 38.7 Å². The molecule has 1 aliphatic heterocycles. The second-order valence-corrected chi connectivity index (χ2v) is 5.74. The molecule has 22 heavy (non-hydrogen) atoms. The summed E-state index contributed by atoms with van der Waals surface area (Å²) in [4.78, 5) is 11.7. The predicted octanol–water partition coefficient (Wildman–Crippen LogP) is 3.48. The van der Waals surface area contributed by atoms with E-state index in [0.717, 1.165) is 36.3 Å². The summed E-state index contributed by atoms with van der Waals surface area (Å²) in [6.45, 7) is 4.09. The number of ether oxygens (including phenoxy) is 2. The Balaban J connectivity index is 1.62. The second-order valence-electron chi connectivity index (χ2n) is 5.74. The van der Waals surface area contributed by atoms with Gasteiger partial charge in [0.05, 0.1) is 0 Å². The van der Waals surface area contributed by atoms with Crippen LogP contribution in [0, 0.1) is 0 Å². The van der Waals surface area contributed by atoms with Crippen molar-refractivity contribution in [2.24, 2.45) is 0 Å². The van der Waals surface area contributed by atoms with Crippen LogP contribution < -0.4 is 14.8 Å². The van der Waals surface area contributed by atoms with Crippen LogP contribution in [0.25, 0.3) is 0 Å². The number of unbranched alkanes of at least 4 members (excludes halogenated alkanes) is 4. The molecule has 4 nitrogen and oxygen atoms in total. The van der Waals surface area contributed by atoms with Gasteiger partial charge >= 0.3 is 0 Å². The van der Waals surface area contributed by atoms with Crippen LogP contribution in [0.15, 0.2) is 18.2 Å². The Kier molecular flexibility index (Phi) is 7.07. The molecule has 0 saturated heterocycles. The Bertz CT molecular complexity index is 473. The average molecular weight is 305 g/mol. The molecular formula is C18H27NO3. The van der Waals surface area contributed by atoms with Gasteiger partial charge < -0.3 is 14.8 Å². The zero-order valence-electron chi connectivity index (χ0n) is 13.5. The largest absolute Gasteiger partial charge is 0.486 e. The summed E-state index contributed by atoms with van der Waals surface area (Å²) >= 11 is 0. The molecule has 0 spiro atoms. The monoisotopic (exact) mass is 305 g/mol. The normalized spacial score (nSPS) is 13.0.